The Morgan fingerprint density at radius 3 is 3.06 bits per heavy atom. The highest BCUT2D eigenvalue weighted by atomic mass is 35.5. The van der Waals surface area contributed by atoms with Crippen LogP contribution in [0.25, 0.3) is 0 Å². The first-order valence-electron chi connectivity index (χ1n) is 5.36. The number of anilines is 1. The van der Waals surface area contributed by atoms with E-state index in [1.165, 1.54) is 0 Å². The second-order valence-corrected chi connectivity index (χ2v) is 4.31. The predicted octanol–water partition coefficient (Wildman–Crippen LogP) is 2.77. The number of carbonyl (C=O) groups is 1. The van der Waals surface area contributed by atoms with E-state index in [1.54, 1.807) is 6.07 Å². The van der Waals surface area contributed by atoms with Gasteiger partial charge in [-0.05, 0) is 37.5 Å². The molecule has 1 atom stereocenters. The van der Waals surface area contributed by atoms with E-state index in [0.717, 1.165) is 24.1 Å². The third kappa shape index (κ3) is 2.36. The Labute approximate surface area is 99.7 Å². The lowest BCUT2D eigenvalue weighted by molar-refractivity contribution is -0.124. The lowest BCUT2D eigenvalue weighted by Crippen LogP contribution is -2.27. The summed E-state index contributed by atoms with van der Waals surface area (Å²) in [4.78, 5) is 11.8. The summed E-state index contributed by atoms with van der Waals surface area (Å²) in [6.45, 7) is 2.56. The Morgan fingerprint density at radius 2 is 2.38 bits per heavy atom. The van der Waals surface area contributed by atoms with Crippen LogP contribution < -0.4 is 5.32 Å². The normalized spacial score (nSPS) is 19.8. The molecule has 1 fully saturated rings. The van der Waals surface area contributed by atoms with Crippen molar-refractivity contribution in [1.29, 1.82) is 0 Å². The van der Waals surface area contributed by atoms with Gasteiger partial charge in [0.05, 0.1) is 0 Å². The van der Waals surface area contributed by atoms with E-state index in [0.29, 0.717) is 11.6 Å². The minimum Gasteiger partial charge on any atom is -0.368 e. The molecule has 0 bridgehead atoms. The van der Waals surface area contributed by atoms with Gasteiger partial charge in [0.15, 0.2) is 0 Å². The summed E-state index contributed by atoms with van der Waals surface area (Å²) in [6.07, 6.45) is 1.44. The van der Waals surface area contributed by atoms with Gasteiger partial charge < -0.3 is 10.1 Å². The molecule has 4 heteroatoms. The van der Waals surface area contributed by atoms with Crippen LogP contribution in [-0.4, -0.2) is 18.6 Å². The molecule has 3 nitrogen and oxygen atoms in total. The summed E-state index contributed by atoms with van der Waals surface area (Å²) < 4.78 is 5.31. The van der Waals surface area contributed by atoms with Gasteiger partial charge in [0.25, 0.3) is 5.91 Å². The maximum absolute atomic E-state index is 11.8. The van der Waals surface area contributed by atoms with Crippen LogP contribution in [0.4, 0.5) is 5.69 Å². The van der Waals surface area contributed by atoms with Crippen LogP contribution >= 0.6 is 11.6 Å². The number of carbonyl (C=O) groups excluding carboxylic acids is 1. The first-order chi connectivity index (χ1) is 7.68. The maximum Gasteiger partial charge on any atom is 0.253 e. The fourth-order valence-electron chi connectivity index (χ4n) is 1.74. The van der Waals surface area contributed by atoms with Crippen LogP contribution in [0.2, 0.25) is 5.02 Å². The lowest BCUT2D eigenvalue weighted by atomic mass is 10.2. The molecule has 0 radical (unpaired) electrons. The molecular formula is C12H14ClNO2. The fraction of sp³-hybridized carbons (Fsp3) is 0.417. The van der Waals surface area contributed by atoms with Gasteiger partial charge in [-0.15, -0.1) is 0 Å². The summed E-state index contributed by atoms with van der Waals surface area (Å²) >= 11 is 5.97. The molecule has 0 spiro atoms. The van der Waals surface area contributed by atoms with Gasteiger partial charge in [-0.25, -0.2) is 0 Å². The molecule has 0 saturated carbocycles. The molecule has 1 aromatic rings. The lowest BCUT2D eigenvalue weighted by Gasteiger charge is -2.12. The Morgan fingerprint density at radius 1 is 1.56 bits per heavy atom. The zero-order valence-electron chi connectivity index (χ0n) is 9.13. The molecule has 16 heavy (non-hydrogen) atoms. The first-order valence-corrected chi connectivity index (χ1v) is 5.74. The SMILES string of the molecule is Cc1c(Cl)cccc1NC(=O)[C@@H]1CCCO1. The van der Waals surface area contributed by atoms with E-state index in [1.807, 2.05) is 19.1 Å². The van der Waals surface area contributed by atoms with Crippen molar-refractivity contribution < 1.29 is 9.53 Å². The Hall–Kier alpha value is -1.06. The number of halogens is 1. The standard InChI is InChI=1S/C12H14ClNO2/c1-8-9(13)4-2-5-10(8)14-12(15)11-6-3-7-16-11/h2,4-5,11H,3,6-7H2,1H3,(H,14,15)/t11-/m0/s1. The van der Waals surface area contributed by atoms with Crippen LogP contribution in [0, 0.1) is 6.92 Å². The van der Waals surface area contributed by atoms with E-state index in [-0.39, 0.29) is 12.0 Å². The van der Waals surface area contributed by atoms with E-state index < -0.39 is 0 Å². The van der Waals surface area contributed by atoms with Crippen LogP contribution in [0.5, 0.6) is 0 Å². The van der Waals surface area contributed by atoms with Gasteiger partial charge in [-0.2, -0.15) is 0 Å². The summed E-state index contributed by atoms with van der Waals surface area (Å²) in [5, 5.41) is 3.50. The van der Waals surface area contributed by atoms with E-state index in [4.69, 9.17) is 16.3 Å². The second kappa shape index (κ2) is 4.85. The number of benzene rings is 1. The van der Waals surface area contributed by atoms with Gasteiger partial charge in [-0.3, -0.25) is 4.79 Å². The monoisotopic (exact) mass is 239 g/mol. The molecular weight excluding hydrogens is 226 g/mol. The number of hydrogen-bond acceptors (Lipinski definition) is 2. The van der Waals surface area contributed by atoms with Gasteiger partial charge in [0.1, 0.15) is 6.10 Å². The second-order valence-electron chi connectivity index (χ2n) is 3.90. The topological polar surface area (TPSA) is 38.3 Å². The van der Waals surface area contributed by atoms with Crippen LogP contribution in [0.15, 0.2) is 18.2 Å². The summed E-state index contributed by atoms with van der Waals surface area (Å²) in [5.74, 6) is -0.0807. The van der Waals surface area contributed by atoms with Crippen molar-refractivity contribution in [2.45, 2.75) is 25.9 Å². The van der Waals surface area contributed by atoms with E-state index in [9.17, 15) is 4.79 Å². The molecule has 1 amide bonds. The Kier molecular flexibility index (Phi) is 3.46. The van der Waals surface area contributed by atoms with E-state index >= 15 is 0 Å². The predicted molar refractivity (Wildman–Crippen MR) is 63.8 cm³/mol. The molecule has 0 unspecified atom stereocenters. The molecule has 1 aliphatic heterocycles. The van der Waals surface area contributed by atoms with Crippen LogP contribution in [-0.2, 0) is 9.53 Å². The summed E-state index contributed by atoms with van der Waals surface area (Å²) in [7, 11) is 0. The number of ether oxygens (including phenoxy) is 1. The van der Waals surface area contributed by atoms with Crippen molar-refractivity contribution in [3.63, 3.8) is 0 Å². The van der Waals surface area contributed by atoms with Crippen molar-refractivity contribution >= 4 is 23.2 Å². The average molecular weight is 240 g/mol. The molecule has 1 saturated heterocycles. The first kappa shape index (κ1) is 11.4. The van der Waals surface area contributed by atoms with Crippen molar-refractivity contribution in [3.05, 3.63) is 28.8 Å². The summed E-state index contributed by atoms with van der Waals surface area (Å²) in [6, 6.07) is 5.47. The zero-order valence-corrected chi connectivity index (χ0v) is 9.88. The molecule has 1 aliphatic rings. The molecule has 2 rings (SSSR count). The Bertz CT molecular complexity index is 400. The maximum atomic E-state index is 11.8. The fourth-order valence-corrected chi connectivity index (χ4v) is 1.92. The van der Waals surface area contributed by atoms with Gasteiger partial charge >= 0.3 is 0 Å². The molecule has 1 aromatic carbocycles. The number of rotatable bonds is 2. The largest absolute Gasteiger partial charge is 0.368 e. The molecule has 1 heterocycles. The summed E-state index contributed by atoms with van der Waals surface area (Å²) in [5.41, 5.74) is 1.64. The minimum atomic E-state index is -0.307. The van der Waals surface area contributed by atoms with Crippen LogP contribution in [0.3, 0.4) is 0 Å². The quantitative estimate of drug-likeness (QED) is 0.862. The Balaban J connectivity index is 2.08. The zero-order chi connectivity index (χ0) is 11.5. The van der Waals surface area contributed by atoms with Crippen molar-refractivity contribution in [2.75, 3.05) is 11.9 Å². The van der Waals surface area contributed by atoms with E-state index in [2.05, 4.69) is 5.32 Å². The highest BCUT2D eigenvalue weighted by Crippen LogP contribution is 2.24. The molecule has 1 N–H and O–H groups in total. The number of amides is 1. The van der Waals surface area contributed by atoms with Gasteiger partial charge in [0, 0.05) is 17.3 Å². The number of hydrogen-bond donors (Lipinski definition) is 1. The van der Waals surface area contributed by atoms with Crippen molar-refractivity contribution in [2.24, 2.45) is 0 Å². The molecule has 0 aliphatic carbocycles. The molecule has 0 aromatic heterocycles. The van der Waals surface area contributed by atoms with Crippen molar-refractivity contribution in [3.8, 4) is 0 Å². The van der Waals surface area contributed by atoms with Gasteiger partial charge in [0.2, 0.25) is 0 Å². The molecule has 86 valence electrons. The van der Waals surface area contributed by atoms with Crippen molar-refractivity contribution in [1.82, 2.24) is 0 Å². The number of nitrogens with one attached hydrogen (secondary N) is 1. The highest BCUT2D eigenvalue weighted by molar-refractivity contribution is 6.31. The third-order valence-corrected chi connectivity index (χ3v) is 3.16. The van der Waals surface area contributed by atoms with Gasteiger partial charge in [-0.1, -0.05) is 17.7 Å². The van der Waals surface area contributed by atoms with Crippen LogP contribution in [0.1, 0.15) is 18.4 Å². The third-order valence-electron chi connectivity index (χ3n) is 2.75. The smallest absolute Gasteiger partial charge is 0.253 e. The average Bonchev–Trinajstić information content (AvgIpc) is 2.78. The highest BCUT2D eigenvalue weighted by Gasteiger charge is 2.23. The minimum absolute atomic E-state index is 0.0807.